The molecule has 104 valence electrons. The van der Waals surface area contributed by atoms with E-state index >= 15 is 0 Å². The van der Waals surface area contributed by atoms with E-state index in [-0.39, 0.29) is 11.1 Å². The second-order valence-corrected chi connectivity index (χ2v) is 3.73. The zero-order valence-electron chi connectivity index (χ0n) is 10.1. The normalized spacial score (nSPS) is 13.5. The van der Waals surface area contributed by atoms with Crippen LogP contribution in [-0.4, -0.2) is 40.0 Å². The summed E-state index contributed by atoms with van der Waals surface area (Å²) in [7, 11) is 0. The molecular weight excluding hydrogens is 256 g/mol. The molecule has 0 saturated carbocycles. The van der Waals surface area contributed by atoms with Gasteiger partial charge in [0.2, 0.25) is 0 Å². The van der Waals surface area contributed by atoms with Crippen LogP contribution in [-0.2, 0) is 14.6 Å². The topological polar surface area (TPSA) is 113 Å². The van der Waals surface area contributed by atoms with Crippen molar-refractivity contribution in [1.29, 1.82) is 0 Å². The van der Waals surface area contributed by atoms with E-state index in [1.165, 1.54) is 24.3 Å². The third kappa shape index (κ3) is 4.02. The first kappa shape index (κ1) is 15.1. The molecule has 1 aromatic rings. The van der Waals surface area contributed by atoms with Crippen LogP contribution in [0.2, 0.25) is 0 Å². The van der Waals surface area contributed by atoms with Crippen molar-refractivity contribution >= 4 is 11.9 Å². The van der Waals surface area contributed by atoms with Crippen molar-refractivity contribution in [2.75, 3.05) is 6.61 Å². The minimum absolute atomic E-state index is 0.0567. The van der Waals surface area contributed by atoms with Crippen molar-refractivity contribution < 1.29 is 34.7 Å². The van der Waals surface area contributed by atoms with Gasteiger partial charge in [0.1, 0.15) is 12.2 Å². The summed E-state index contributed by atoms with van der Waals surface area (Å²) in [5, 5.41) is 27.9. The van der Waals surface area contributed by atoms with Crippen LogP contribution >= 0.6 is 0 Å². The molecule has 0 aliphatic heterocycles. The molecule has 2 atom stereocenters. The van der Waals surface area contributed by atoms with Gasteiger partial charge in [-0.15, -0.1) is 0 Å². The first-order valence-electron chi connectivity index (χ1n) is 5.42. The molecule has 3 N–H and O–H groups in total. The monoisotopic (exact) mass is 270 g/mol. The Kier molecular flexibility index (Phi) is 5.43. The Morgan fingerprint density at radius 1 is 1.21 bits per heavy atom. The number of carbonyl (C=O) groups is 2. The van der Waals surface area contributed by atoms with E-state index in [2.05, 4.69) is 9.78 Å². The number of aliphatic hydroxyl groups is 3. The summed E-state index contributed by atoms with van der Waals surface area (Å²) >= 11 is 0. The molecule has 0 fully saturated rings. The van der Waals surface area contributed by atoms with E-state index in [9.17, 15) is 19.8 Å². The molecule has 0 aromatic heterocycles. The van der Waals surface area contributed by atoms with E-state index in [0.29, 0.717) is 0 Å². The van der Waals surface area contributed by atoms with Gasteiger partial charge < -0.3 is 15.3 Å². The van der Waals surface area contributed by atoms with E-state index in [1.54, 1.807) is 0 Å². The number of hydrogen-bond donors (Lipinski definition) is 3. The van der Waals surface area contributed by atoms with Crippen LogP contribution in [0.5, 0.6) is 0 Å². The maximum atomic E-state index is 11.6. The highest BCUT2D eigenvalue weighted by Crippen LogP contribution is 2.21. The molecule has 0 amide bonds. The summed E-state index contributed by atoms with van der Waals surface area (Å²) in [4.78, 5) is 30.5. The molecule has 0 bridgehead atoms. The number of carbonyl (C=O) groups excluding carboxylic acids is 2. The predicted molar refractivity (Wildman–Crippen MR) is 61.7 cm³/mol. The molecular formula is C12H14O7. The van der Waals surface area contributed by atoms with Crippen molar-refractivity contribution in [2.45, 2.75) is 19.1 Å². The Morgan fingerprint density at radius 2 is 1.84 bits per heavy atom. The Balaban J connectivity index is 2.95. The van der Waals surface area contributed by atoms with Gasteiger partial charge in [-0.2, -0.15) is 0 Å². The third-order valence-electron chi connectivity index (χ3n) is 2.29. The van der Waals surface area contributed by atoms with Gasteiger partial charge in [0, 0.05) is 6.92 Å². The van der Waals surface area contributed by atoms with Crippen LogP contribution in [0.3, 0.4) is 0 Å². The van der Waals surface area contributed by atoms with Crippen LogP contribution in [0.4, 0.5) is 0 Å². The van der Waals surface area contributed by atoms with Gasteiger partial charge in [0.05, 0.1) is 12.2 Å². The summed E-state index contributed by atoms with van der Waals surface area (Å²) in [6, 6.07) is 5.75. The van der Waals surface area contributed by atoms with Gasteiger partial charge in [-0.1, -0.05) is 18.2 Å². The summed E-state index contributed by atoms with van der Waals surface area (Å²) in [6.07, 6.45) is -2.91. The van der Waals surface area contributed by atoms with Gasteiger partial charge in [0.15, 0.2) is 0 Å². The maximum absolute atomic E-state index is 11.6. The molecule has 0 spiro atoms. The molecule has 7 heteroatoms. The quantitative estimate of drug-likeness (QED) is 0.508. The Hall–Kier alpha value is -1.96. The van der Waals surface area contributed by atoms with Crippen LogP contribution < -0.4 is 0 Å². The van der Waals surface area contributed by atoms with Crippen molar-refractivity contribution in [3.05, 3.63) is 35.4 Å². The van der Waals surface area contributed by atoms with E-state index in [1.807, 2.05) is 0 Å². The van der Waals surface area contributed by atoms with E-state index in [4.69, 9.17) is 5.11 Å². The van der Waals surface area contributed by atoms with Crippen LogP contribution in [0.25, 0.3) is 0 Å². The predicted octanol–water partition coefficient (Wildman–Crippen LogP) is -0.292. The second kappa shape index (κ2) is 6.83. The van der Waals surface area contributed by atoms with Gasteiger partial charge in [-0.05, 0) is 11.6 Å². The van der Waals surface area contributed by atoms with Gasteiger partial charge in [-0.25, -0.2) is 19.4 Å². The molecule has 0 heterocycles. The molecule has 1 rings (SSSR count). The number of hydrogen-bond acceptors (Lipinski definition) is 7. The smallest absolute Gasteiger partial charge is 0.386 e. The lowest BCUT2D eigenvalue weighted by molar-refractivity contribution is -0.231. The van der Waals surface area contributed by atoms with Crippen molar-refractivity contribution in [2.24, 2.45) is 0 Å². The maximum Gasteiger partial charge on any atom is 0.386 e. The van der Waals surface area contributed by atoms with Gasteiger partial charge in [-0.3, -0.25) is 0 Å². The van der Waals surface area contributed by atoms with Crippen LogP contribution in [0.15, 0.2) is 24.3 Å². The lowest BCUT2D eigenvalue weighted by Crippen LogP contribution is -2.24. The molecule has 0 aliphatic rings. The lowest BCUT2D eigenvalue weighted by atomic mass is 9.99. The molecule has 0 aliphatic carbocycles. The molecule has 2 unspecified atom stereocenters. The standard InChI is InChI=1S/C12H14O7/c1-7(14)18-19-12(17)9-5-3-2-4-8(9)11(16)10(15)6-13/h2-5,10-11,13,15-16H,6H2,1H3. The lowest BCUT2D eigenvalue weighted by Gasteiger charge is -2.18. The fraction of sp³-hybridized carbons (Fsp3) is 0.333. The average molecular weight is 270 g/mol. The number of benzene rings is 1. The Morgan fingerprint density at radius 3 is 2.42 bits per heavy atom. The summed E-state index contributed by atoms with van der Waals surface area (Å²) in [6.45, 7) is 0.387. The molecule has 19 heavy (non-hydrogen) atoms. The van der Waals surface area contributed by atoms with Gasteiger partial charge in [0.25, 0.3) is 0 Å². The Labute approximate surface area is 108 Å². The molecule has 1 aromatic carbocycles. The fourth-order valence-corrected chi connectivity index (χ4v) is 1.39. The fourth-order valence-electron chi connectivity index (χ4n) is 1.39. The summed E-state index contributed by atoms with van der Waals surface area (Å²) in [5.74, 6) is -1.79. The van der Waals surface area contributed by atoms with Crippen molar-refractivity contribution in [3.63, 3.8) is 0 Å². The van der Waals surface area contributed by atoms with Gasteiger partial charge >= 0.3 is 11.9 Å². The largest absolute Gasteiger partial charge is 0.394 e. The highest BCUT2D eigenvalue weighted by molar-refractivity contribution is 5.91. The van der Waals surface area contributed by atoms with Crippen LogP contribution in [0.1, 0.15) is 28.9 Å². The zero-order chi connectivity index (χ0) is 14.4. The van der Waals surface area contributed by atoms with Crippen molar-refractivity contribution in [1.82, 2.24) is 0 Å². The SMILES string of the molecule is CC(=O)OOC(=O)c1ccccc1C(O)C(O)CO. The number of rotatable bonds is 4. The Bertz CT molecular complexity index is 457. The third-order valence-corrected chi connectivity index (χ3v) is 2.29. The molecule has 7 nitrogen and oxygen atoms in total. The first-order valence-corrected chi connectivity index (χ1v) is 5.42. The summed E-state index contributed by atoms with van der Waals surface area (Å²) < 4.78 is 0. The van der Waals surface area contributed by atoms with E-state index in [0.717, 1.165) is 6.92 Å². The number of aliphatic hydroxyl groups excluding tert-OH is 3. The van der Waals surface area contributed by atoms with Crippen LogP contribution in [0, 0.1) is 0 Å². The molecule has 0 saturated heterocycles. The minimum Gasteiger partial charge on any atom is -0.394 e. The summed E-state index contributed by atoms with van der Waals surface area (Å²) in [5.41, 5.74) is -0.0232. The van der Waals surface area contributed by atoms with E-state index < -0.39 is 30.8 Å². The molecule has 0 radical (unpaired) electrons. The first-order chi connectivity index (χ1) is 8.97. The zero-order valence-corrected chi connectivity index (χ0v) is 10.1. The second-order valence-electron chi connectivity index (χ2n) is 3.73. The highest BCUT2D eigenvalue weighted by atomic mass is 17.2. The highest BCUT2D eigenvalue weighted by Gasteiger charge is 2.24. The minimum atomic E-state index is -1.47. The average Bonchev–Trinajstić information content (AvgIpc) is 2.42. The van der Waals surface area contributed by atoms with Crippen molar-refractivity contribution in [3.8, 4) is 0 Å².